The van der Waals surface area contributed by atoms with Crippen LogP contribution in [0.3, 0.4) is 0 Å². The number of nitrogens with zero attached hydrogens (tertiary/aromatic N) is 2. The summed E-state index contributed by atoms with van der Waals surface area (Å²) in [6.07, 6.45) is 3.13. The molecule has 4 nitrogen and oxygen atoms in total. The van der Waals surface area contributed by atoms with Crippen molar-refractivity contribution >= 4 is 29.9 Å². The topological polar surface area (TPSA) is 36.9 Å². The number of nitrogens with one attached hydrogen (secondary N) is 1. The fourth-order valence-corrected chi connectivity index (χ4v) is 1.56. The van der Waals surface area contributed by atoms with Crippen molar-refractivity contribution in [2.45, 2.75) is 26.2 Å². The van der Waals surface area contributed by atoms with Crippen molar-refractivity contribution in [2.24, 2.45) is 10.9 Å². The Morgan fingerprint density at radius 2 is 2.21 bits per heavy atom. The van der Waals surface area contributed by atoms with Crippen LogP contribution in [0.2, 0.25) is 0 Å². The maximum absolute atomic E-state index is 12.0. The van der Waals surface area contributed by atoms with Gasteiger partial charge in [0.05, 0.1) is 13.3 Å². The van der Waals surface area contributed by atoms with Gasteiger partial charge < -0.3 is 15.0 Å². The number of alkyl halides is 1. The van der Waals surface area contributed by atoms with Crippen LogP contribution in [0.25, 0.3) is 0 Å². The van der Waals surface area contributed by atoms with Crippen molar-refractivity contribution in [3.63, 3.8) is 0 Å². The van der Waals surface area contributed by atoms with Gasteiger partial charge in [-0.25, -0.2) is 0 Å². The molecule has 0 unspecified atom stereocenters. The third-order valence-corrected chi connectivity index (χ3v) is 2.87. The molecule has 0 radical (unpaired) electrons. The largest absolute Gasteiger partial charge is 0.379 e. The lowest BCUT2D eigenvalue weighted by molar-refractivity contribution is 0.115. The fraction of sp³-hybridized carbons (Fsp3) is 0.923. The first-order valence-electron chi connectivity index (χ1n) is 6.91. The van der Waals surface area contributed by atoms with E-state index in [2.05, 4.69) is 10.3 Å². The van der Waals surface area contributed by atoms with Crippen LogP contribution in [0.4, 0.5) is 4.39 Å². The molecule has 1 fully saturated rings. The Morgan fingerprint density at radius 3 is 2.79 bits per heavy atom. The molecule has 0 bridgehead atoms. The van der Waals surface area contributed by atoms with Crippen LogP contribution in [0.5, 0.6) is 0 Å². The van der Waals surface area contributed by atoms with Crippen LogP contribution in [0, 0.1) is 5.92 Å². The molecule has 1 aliphatic carbocycles. The lowest BCUT2D eigenvalue weighted by Gasteiger charge is -2.21. The average molecular weight is 387 g/mol. The molecule has 1 N–H and O–H groups in total. The summed E-state index contributed by atoms with van der Waals surface area (Å²) in [5.41, 5.74) is 0. The molecule has 0 heterocycles. The molecule has 0 aromatic carbocycles. The molecule has 0 amide bonds. The van der Waals surface area contributed by atoms with E-state index in [4.69, 9.17) is 4.74 Å². The van der Waals surface area contributed by atoms with Gasteiger partial charge in [-0.1, -0.05) is 0 Å². The first kappa shape index (κ1) is 18.9. The molecule has 0 aromatic rings. The third-order valence-electron chi connectivity index (χ3n) is 2.87. The van der Waals surface area contributed by atoms with Crippen molar-refractivity contribution in [1.82, 2.24) is 10.2 Å². The highest BCUT2D eigenvalue weighted by Crippen LogP contribution is 2.28. The van der Waals surface area contributed by atoms with E-state index in [0.29, 0.717) is 13.0 Å². The molecule has 6 heteroatoms. The van der Waals surface area contributed by atoms with Gasteiger partial charge in [-0.2, -0.15) is 0 Å². The highest BCUT2D eigenvalue weighted by molar-refractivity contribution is 14.0. The van der Waals surface area contributed by atoms with Gasteiger partial charge in [0.2, 0.25) is 0 Å². The summed E-state index contributed by atoms with van der Waals surface area (Å²) < 4.78 is 17.6. The summed E-state index contributed by atoms with van der Waals surface area (Å²) in [6, 6.07) is 0. The number of aliphatic imine (C=N–C) groups is 1. The summed E-state index contributed by atoms with van der Waals surface area (Å²) in [6.45, 7) is 5.51. The van der Waals surface area contributed by atoms with Crippen molar-refractivity contribution in [2.75, 3.05) is 46.6 Å². The molecule has 0 aromatic heterocycles. The molecule has 114 valence electrons. The Labute approximate surface area is 133 Å². The van der Waals surface area contributed by atoms with Gasteiger partial charge in [-0.3, -0.25) is 9.38 Å². The van der Waals surface area contributed by atoms with E-state index in [-0.39, 0.29) is 30.7 Å². The van der Waals surface area contributed by atoms with E-state index in [9.17, 15) is 4.39 Å². The van der Waals surface area contributed by atoms with Crippen LogP contribution in [0.1, 0.15) is 26.2 Å². The van der Waals surface area contributed by atoms with Crippen LogP contribution in [-0.2, 0) is 4.74 Å². The minimum absolute atomic E-state index is 0. The predicted octanol–water partition coefficient (Wildman–Crippen LogP) is 2.29. The lowest BCUT2D eigenvalue weighted by atomic mass is 10.4. The zero-order valence-electron chi connectivity index (χ0n) is 12.0. The third kappa shape index (κ3) is 9.43. The maximum atomic E-state index is 12.0. The Morgan fingerprint density at radius 1 is 1.47 bits per heavy atom. The number of hydrogen-bond donors (Lipinski definition) is 1. The summed E-state index contributed by atoms with van der Waals surface area (Å²) in [7, 11) is 1.98. The number of hydrogen-bond acceptors (Lipinski definition) is 2. The van der Waals surface area contributed by atoms with E-state index in [1.807, 2.05) is 18.9 Å². The number of rotatable bonds is 9. The normalized spacial score (nSPS) is 15.0. The quantitative estimate of drug-likeness (QED) is 0.286. The second kappa shape index (κ2) is 11.7. The average Bonchev–Trinajstić information content (AvgIpc) is 3.17. The Bertz CT molecular complexity index is 250. The van der Waals surface area contributed by atoms with Gasteiger partial charge in [0, 0.05) is 33.3 Å². The molecule has 0 atom stereocenters. The Balaban J connectivity index is 0.00000324. The molecular weight excluding hydrogens is 360 g/mol. The van der Waals surface area contributed by atoms with Gasteiger partial charge in [0.1, 0.15) is 0 Å². The summed E-state index contributed by atoms with van der Waals surface area (Å²) in [5.74, 6) is 1.64. The molecule has 19 heavy (non-hydrogen) atoms. The van der Waals surface area contributed by atoms with Gasteiger partial charge in [-0.15, -0.1) is 24.0 Å². The smallest absolute Gasteiger partial charge is 0.193 e. The SMILES string of the molecule is CCNC(=NCCCF)N(C)CCOCC1CC1.I. The number of halogens is 2. The Hall–Kier alpha value is -0.110. The second-order valence-electron chi connectivity index (χ2n) is 4.72. The molecule has 1 aliphatic rings. The fourth-order valence-electron chi connectivity index (χ4n) is 1.56. The summed E-state index contributed by atoms with van der Waals surface area (Å²) in [4.78, 5) is 6.40. The first-order valence-corrected chi connectivity index (χ1v) is 6.91. The van der Waals surface area contributed by atoms with Crippen LogP contribution >= 0.6 is 24.0 Å². The van der Waals surface area contributed by atoms with Crippen LogP contribution < -0.4 is 5.32 Å². The van der Waals surface area contributed by atoms with Crippen molar-refractivity contribution in [1.29, 1.82) is 0 Å². The van der Waals surface area contributed by atoms with Gasteiger partial charge in [0.25, 0.3) is 0 Å². The maximum Gasteiger partial charge on any atom is 0.193 e. The molecular formula is C13H27FIN3O. The first-order chi connectivity index (χ1) is 8.77. The van der Waals surface area contributed by atoms with E-state index in [1.54, 1.807) is 0 Å². The van der Waals surface area contributed by atoms with Gasteiger partial charge in [-0.05, 0) is 32.1 Å². The minimum atomic E-state index is -0.308. The number of ether oxygens (including phenoxy) is 1. The zero-order valence-corrected chi connectivity index (χ0v) is 14.4. The minimum Gasteiger partial charge on any atom is -0.379 e. The second-order valence-corrected chi connectivity index (χ2v) is 4.72. The number of likely N-dealkylation sites (N-methyl/N-ethyl adjacent to an activating group) is 1. The van der Waals surface area contributed by atoms with E-state index in [0.717, 1.165) is 38.2 Å². The summed E-state index contributed by atoms with van der Waals surface area (Å²) in [5, 5.41) is 3.20. The van der Waals surface area contributed by atoms with E-state index in [1.165, 1.54) is 12.8 Å². The predicted molar refractivity (Wildman–Crippen MR) is 88.2 cm³/mol. The highest BCUT2D eigenvalue weighted by Gasteiger charge is 2.21. The molecule has 0 spiro atoms. The van der Waals surface area contributed by atoms with Gasteiger partial charge in [0.15, 0.2) is 5.96 Å². The summed E-state index contributed by atoms with van der Waals surface area (Å²) >= 11 is 0. The molecule has 0 aliphatic heterocycles. The molecule has 1 rings (SSSR count). The molecule has 1 saturated carbocycles. The van der Waals surface area contributed by atoms with Crippen molar-refractivity contribution < 1.29 is 9.13 Å². The lowest BCUT2D eigenvalue weighted by Crippen LogP contribution is -2.40. The monoisotopic (exact) mass is 387 g/mol. The van der Waals surface area contributed by atoms with Crippen LogP contribution in [0.15, 0.2) is 4.99 Å². The number of guanidine groups is 1. The van der Waals surface area contributed by atoms with Crippen molar-refractivity contribution in [3.05, 3.63) is 0 Å². The van der Waals surface area contributed by atoms with Gasteiger partial charge >= 0.3 is 0 Å². The Kier molecular flexibility index (Phi) is 11.6. The zero-order chi connectivity index (χ0) is 13.2. The highest BCUT2D eigenvalue weighted by atomic mass is 127. The van der Waals surface area contributed by atoms with E-state index < -0.39 is 0 Å². The van der Waals surface area contributed by atoms with Crippen molar-refractivity contribution in [3.8, 4) is 0 Å². The van der Waals surface area contributed by atoms with E-state index >= 15 is 0 Å². The molecule has 0 saturated heterocycles. The standard InChI is InChI=1S/C13H26FN3O.HI/c1-3-15-13(16-8-4-7-14)17(2)9-10-18-11-12-5-6-12;/h12H,3-11H2,1-2H3,(H,15,16);1H. The van der Waals surface area contributed by atoms with Crippen LogP contribution in [-0.4, -0.2) is 57.4 Å².